The number of esters is 1. The number of carbonyl (C=O) groups is 1. The first-order valence-corrected chi connectivity index (χ1v) is 9.46. The molecular formula is C21H20BrNO2. The van der Waals surface area contributed by atoms with Crippen LogP contribution >= 0.6 is 15.9 Å². The Morgan fingerprint density at radius 1 is 1.24 bits per heavy atom. The Bertz CT molecular complexity index is 828. The monoisotopic (exact) mass is 397 g/mol. The van der Waals surface area contributed by atoms with Crippen LogP contribution in [0.2, 0.25) is 0 Å². The molecule has 0 saturated heterocycles. The second-order valence-electron chi connectivity index (χ2n) is 6.55. The predicted molar refractivity (Wildman–Crippen MR) is 103 cm³/mol. The van der Waals surface area contributed by atoms with Gasteiger partial charge in [-0.25, -0.2) is 4.79 Å². The molecule has 3 atom stereocenters. The quantitative estimate of drug-likeness (QED) is 0.552. The molecule has 4 heteroatoms. The summed E-state index contributed by atoms with van der Waals surface area (Å²) in [6.07, 6.45) is 5.58. The van der Waals surface area contributed by atoms with Gasteiger partial charge < -0.3 is 10.1 Å². The van der Waals surface area contributed by atoms with Crippen molar-refractivity contribution in [3.05, 3.63) is 75.8 Å². The Hall–Kier alpha value is -2.07. The van der Waals surface area contributed by atoms with Crippen LogP contribution in [-0.4, -0.2) is 12.6 Å². The van der Waals surface area contributed by atoms with Gasteiger partial charge in [0.2, 0.25) is 0 Å². The number of benzene rings is 2. The molecule has 0 aromatic heterocycles. The van der Waals surface area contributed by atoms with Crippen molar-refractivity contribution in [1.29, 1.82) is 0 Å². The first-order valence-electron chi connectivity index (χ1n) is 8.67. The molecule has 2 aromatic rings. The number of ether oxygens (including phenoxy) is 1. The van der Waals surface area contributed by atoms with Gasteiger partial charge in [0.15, 0.2) is 0 Å². The minimum absolute atomic E-state index is 0.251. The average molecular weight is 398 g/mol. The molecule has 25 heavy (non-hydrogen) atoms. The van der Waals surface area contributed by atoms with Crippen LogP contribution in [0.1, 0.15) is 46.8 Å². The molecular weight excluding hydrogens is 378 g/mol. The molecule has 1 aliphatic carbocycles. The van der Waals surface area contributed by atoms with Crippen LogP contribution in [0.5, 0.6) is 0 Å². The number of halogens is 1. The maximum Gasteiger partial charge on any atom is 0.338 e. The third kappa shape index (κ3) is 2.99. The number of hydrogen-bond acceptors (Lipinski definition) is 3. The van der Waals surface area contributed by atoms with E-state index >= 15 is 0 Å². The van der Waals surface area contributed by atoms with E-state index < -0.39 is 0 Å². The van der Waals surface area contributed by atoms with Crippen molar-refractivity contribution >= 4 is 27.6 Å². The van der Waals surface area contributed by atoms with Gasteiger partial charge in [-0.3, -0.25) is 0 Å². The fraction of sp³-hybridized carbons (Fsp3) is 0.286. The molecule has 0 saturated carbocycles. The lowest BCUT2D eigenvalue weighted by molar-refractivity contribution is 0.0526. The molecule has 2 aromatic carbocycles. The molecule has 4 rings (SSSR count). The van der Waals surface area contributed by atoms with Crippen molar-refractivity contribution in [3.63, 3.8) is 0 Å². The van der Waals surface area contributed by atoms with Crippen LogP contribution in [0.4, 0.5) is 5.69 Å². The second kappa shape index (κ2) is 6.68. The molecule has 1 aliphatic heterocycles. The van der Waals surface area contributed by atoms with Gasteiger partial charge in [0.05, 0.1) is 18.2 Å². The molecule has 0 bridgehead atoms. The Labute approximate surface area is 156 Å². The number of nitrogens with one attached hydrogen (secondary N) is 1. The van der Waals surface area contributed by atoms with Gasteiger partial charge in [-0.05, 0) is 60.7 Å². The molecule has 2 aliphatic rings. The number of hydrogen-bond donors (Lipinski definition) is 1. The smallest absolute Gasteiger partial charge is 0.338 e. The van der Waals surface area contributed by atoms with Gasteiger partial charge in [0, 0.05) is 16.1 Å². The van der Waals surface area contributed by atoms with Crippen LogP contribution in [0, 0.1) is 5.92 Å². The lowest BCUT2D eigenvalue weighted by atomic mass is 9.76. The third-order valence-corrected chi connectivity index (χ3v) is 5.63. The lowest BCUT2D eigenvalue weighted by Crippen LogP contribution is -2.29. The highest BCUT2D eigenvalue weighted by Crippen LogP contribution is 2.50. The van der Waals surface area contributed by atoms with Crippen LogP contribution in [0.15, 0.2) is 59.1 Å². The van der Waals surface area contributed by atoms with E-state index in [4.69, 9.17) is 4.74 Å². The van der Waals surface area contributed by atoms with Gasteiger partial charge in [-0.15, -0.1) is 0 Å². The van der Waals surface area contributed by atoms with E-state index in [2.05, 4.69) is 57.7 Å². The summed E-state index contributed by atoms with van der Waals surface area (Å²) in [6.45, 7) is 2.22. The molecule has 1 N–H and O–H groups in total. The van der Waals surface area contributed by atoms with Gasteiger partial charge >= 0.3 is 5.97 Å². The van der Waals surface area contributed by atoms with Crippen LogP contribution in [0.25, 0.3) is 0 Å². The van der Waals surface area contributed by atoms with E-state index in [1.54, 1.807) is 0 Å². The minimum Gasteiger partial charge on any atom is -0.462 e. The largest absolute Gasteiger partial charge is 0.462 e. The zero-order chi connectivity index (χ0) is 17.4. The number of allylic oxidation sites excluding steroid dienone is 2. The zero-order valence-corrected chi connectivity index (χ0v) is 15.6. The molecule has 0 amide bonds. The van der Waals surface area contributed by atoms with E-state index in [1.807, 2.05) is 25.1 Å². The summed E-state index contributed by atoms with van der Waals surface area (Å²) in [6, 6.07) is 14.7. The van der Waals surface area contributed by atoms with Crippen LogP contribution < -0.4 is 5.32 Å². The summed E-state index contributed by atoms with van der Waals surface area (Å²) in [5.41, 5.74) is 4.22. The SMILES string of the molecule is CCOC(=O)c1ccc2c(c1)[C@H]1C=CC[C@@H]1[C@H](c1ccc(Br)cc1)N2. The summed E-state index contributed by atoms with van der Waals surface area (Å²) >= 11 is 3.51. The first kappa shape index (κ1) is 16.4. The number of fused-ring (bicyclic) bond motifs is 3. The van der Waals surface area contributed by atoms with Crippen molar-refractivity contribution in [1.82, 2.24) is 0 Å². The second-order valence-corrected chi connectivity index (χ2v) is 7.47. The predicted octanol–water partition coefficient (Wildman–Crippen LogP) is 5.45. The van der Waals surface area contributed by atoms with E-state index in [0.29, 0.717) is 24.0 Å². The molecule has 0 unspecified atom stereocenters. The first-order chi connectivity index (χ1) is 12.2. The minimum atomic E-state index is -0.251. The summed E-state index contributed by atoms with van der Waals surface area (Å²) < 4.78 is 6.24. The Morgan fingerprint density at radius 3 is 2.80 bits per heavy atom. The Kier molecular flexibility index (Phi) is 4.38. The topological polar surface area (TPSA) is 38.3 Å². The number of anilines is 1. The highest BCUT2D eigenvalue weighted by atomic mass is 79.9. The Morgan fingerprint density at radius 2 is 2.04 bits per heavy atom. The van der Waals surface area contributed by atoms with Gasteiger partial charge in [0.25, 0.3) is 0 Å². The average Bonchev–Trinajstić information content (AvgIpc) is 3.11. The standard InChI is InChI=1S/C21H20BrNO2/c1-2-25-21(24)14-8-11-19-18(12-14)16-4-3-5-17(16)20(23-19)13-6-9-15(22)10-7-13/h3-4,6-12,16-17,20,23H,2,5H2,1H3/t16-,17-,20-/m0/s1. The van der Waals surface area contributed by atoms with Crippen molar-refractivity contribution in [2.75, 3.05) is 11.9 Å². The van der Waals surface area contributed by atoms with Crippen molar-refractivity contribution in [2.24, 2.45) is 5.92 Å². The molecule has 128 valence electrons. The third-order valence-electron chi connectivity index (χ3n) is 5.10. The maximum absolute atomic E-state index is 12.1. The summed E-state index contributed by atoms with van der Waals surface area (Å²) in [7, 11) is 0. The van der Waals surface area contributed by atoms with Crippen LogP contribution in [0.3, 0.4) is 0 Å². The molecule has 0 radical (unpaired) electrons. The lowest BCUT2D eigenvalue weighted by Gasteiger charge is -2.37. The van der Waals surface area contributed by atoms with Gasteiger partial charge in [-0.1, -0.05) is 40.2 Å². The number of carbonyl (C=O) groups excluding carboxylic acids is 1. The zero-order valence-electron chi connectivity index (χ0n) is 14.0. The van der Waals surface area contributed by atoms with E-state index in [-0.39, 0.29) is 12.0 Å². The normalized spacial score (nSPS) is 23.5. The van der Waals surface area contributed by atoms with Crippen LogP contribution in [-0.2, 0) is 4.74 Å². The van der Waals surface area contributed by atoms with Crippen molar-refractivity contribution in [3.8, 4) is 0 Å². The highest BCUT2D eigenvalue weighted by molar-refractivity contribution is 9.10. The van der Waals surface area contributed by atoms with Crippen molar-refractivity contribution in [2.45, 2.75) is 25.3 Å². The fourth-order valence-electron chi connectivity index (χ4n) is 3.94. The summed E-state index contributed by atoms with van der Waals surface area (Å²) in [4.78, 5) is 12.1. The molecule has 0 fully saturated rings. The summed E-state index contributed by atoms with van der Waals surface area (Å²) in [5, 5.41) is 3.69. The highest BCUT2D eigenvalue weighted by Gasteiger charge is 2.38. The fourth-order valence-corrected chi connectivity index (χ4v) is 4.20. The summed E-state index contributed by atoms with van der Waals surface area (Å²) in [5.74, 6) is 0.546. The Balaban J connectivity index is 1.71. The molecule has 3 nitrogen and oxygen atoms in total. The van der Waals surface area contributed by atoms with Gasteiger partial charge in [0.1, 0.15) is 0 Å². The van der Waals surface area contributed by atoms with E-state index in [0.717, 1.165) is 16.6 Å². The van der Waals surface area contributed by atoms with Gasteiger partial charge in [-0.2, -0.15) is 0 Å². The van der Waals surface area contributed by atoms with E-state index in [9.17, 15) is 4.79 Å². The van der Waals surface area contributed by atoms with E-state index in [1.165, 1.54) is 11.1 Å². The molecule has 1 heterocycles. The maximum atomic E-state index is 12.1. The molecule has 0 spiro atoms. The van der Waals surface area contributed by atoms with Crippen molar-refractivity contribution < 1.29 is 9.53 Å². The number of rotatable bonds is 3.